The van der Waals surface area contributed by atoms with E-state index in [4.69, 9.17) is 10.4 Å². The molecular formula is C14H18N2O2S. The van der Waals surface area contributed by atoms with Crippen LogP contribution in [0.3, 0.4) is 0 Å². The third-order valence-electron chi connectivity index (χ3n) is 2.66. The fraction of sp³-hybridized carbons (Fsp3) is 0.429. The Morgan fingerprint density at radius 3 is 2.95 bits per heavy atom. The third kappa shape index (κ3) is 5.33. The van der Waals surface area contributed by atoms with Gasteiger partial charge in [-0.05, 0) is 24.5 Å². The standard InChI is InChI=1S/C14H18N2O2S/c1-11(6-8-17)10-16-14(18)12-4-2-3-5-13(12)19-9-7-15/h2-5,11,17H,6,8-10H2,1H3,(H,16,18). The minimum atomic E-state index is -0.133. The van der Waals surface area contributed by atoms with Crippen LogP contribution in [0.5, 0.6) is 0 Å². The zero-order chi connectivity index (χ0) is 14.1. The number of nitrogens with one attached hydrogen (secondary N) is 1. The van der Waals surface area contributed by atoms with Crippen LogP contribution in [0, 0.1) is 17.2 Å². The summed E-state index contributed by atoms with van der Waals surface area (Å²) in [5, 5.41) is 20.3. The molecule has 1 unspecified atom stereocenters. The van der Waals surface area contributed by atoms with E-state index in [0.29, 0.717) is 24.3 Å². The molecule has 1 aromatic carbocycles. The summed E-state index contributed by atoms with van der Waals surface area (Å²) in [4.78, 5) is 12.9. The summed E-state index contributed by atoms with van der Waals surface area (Å²) in [6, 6.07) is 9.31. The van der Waals surface area contributed by atoms with Crippen LogP contribution in [-0.4, -0.2) is 29.9 Å². The number of aliphatic hydroxyl groups is 1. The molecule has 0 spiro atoms. The number of benzene rings is 1. The number of thioether (sulfide) groups is 1. The summed E-state index contributed by atoms with van der Waals surface area (Å²) >= 11 is 1.36. The van der Waals surface area contributed by atoms with E-state index in [-0.39, 0.29) is 18.4 Å². The SMILES string of the molecule is CC(CCO)CNC(=O)c1ccccc1SCC#N. The highest BCUT2D eigenvalue weighted by Crippen LogP contribution is 2.22. The average Bonchev–Trinajstić information content (AvgIpc) is 2.43. The molecule has 1 amide bonds. The van der Waals surface area contributed by atoms with Gasteiger partial charge in [0.05, 0.1) is 17.4 Å². The van der Waals surface area contributed by atoms with Crippen molar-refractivity contribution in [2.45, 2.75) is 18.2 Å². The topological polar surface area (TPSA) is 73.1 Å². The van der Waals surface area contributed by atoms with Gasteiger partial charge in [0, 0.05) is 18.0 Å². The molecule has 0 bridgehead atoms. The van der Waals surface area contributed by atoms with Crippen LogP contribution in [0.4, 0.5) is 0 Å². The Bertz CT molecular complexity index is 457. The fourth-order valence-corrected chi connectivity index (χ4v) is 2.29. The first-order valence-electron chi connectivity index (χ1n) is 6.17. The smallest absolute Gasteiger partial charge is 0.252 e. The second-order valence-corrected chi connectivity index (χ2v) is 5.29. The van der Waals surface area contributed by atoms with Crippen LogP contribution >= 0.6 is 11.8 Å². The first-order valence-corrected chi connectivity index (χ1v) is 7.15. The normalized spacial score (nSPS) is 11.6. The minimum Gasteiger partial charge on any atom is -0.396 e. The summed E-state index contributed by atoms with van der Waals surface area (Å²) in [7, 11) is 0. The Kier molecular flexibility index (Phi) is 7.01. The summed E-state index contributed by atoms with van der Waals surface area (Å²) in [5.41, 5.74) is 0.596. The van der Waals surface area contributed by atoms with Crippen molar-refractivity contribution in [1.82, 2.24) is 5.32 Å². The number of carbonyl (C=O) groups excluding carboxylic acids is 1. The molecule has 1 atom stereocenters. The average molecular weight is 278 g/mol. The Hall–Kier alpha value is -1.51. The van der Waals surface area contributed by atoms with Crippen LogP contribution in [0.15, 0.2) is 29.2 Å². The van der Waals surface area contributed by atoms with Crippen molar-refractivity contribution in [1.29, 1.82) is 5.26 Å². The summed E-state index contributed by atoms with van der Waals surface area (Å²) < 4.78 is 0. The van der Waals surface area contributed by atoms with Gasteiger partial charge in [-0.1, -0.05) is 19.1 Å². The second-order valence-electron chi connectivity index (χ2n) is 4.27. The maximum absolute atomic E-state index is 12.1. The number of hydrogen-bond acceptors (Lipinski definition) is 4. The van der Waals surface area contributed by atoms with Gasteiger partial charge in [0.25, 0.3) is 5.91 Å². The van der Waals surface area contributed by atoms with Crippen molar-refractivity contribution in [2.75, 3.05) is 18.9 Å². The number of rotatable bonds is 7. The summed E-state index contributed by atoms with van der Waals surface area (Å²) in [5.74, 6) is 0.435. The Morgan fingerprint density at radius 2 is 2.26 bits per heavy atom. The molecule has 2 N–H and O–H groups in total. The maximum atomic E-state index is 12.1. The van der Waals surface area contributed by atoms with E-state index in [0.717, 1.165) is 4.90 Å². The van der Waals surface area contributed by atoms with Crippen molar-refractivity contribution in [3.05, 3.63) is 29.8 Å². The van der Waals surface area contributed by atoms with Gasteiger partial charge < -0.3 is 10.4 Å². The molecule has 0 saturated carbocycles. The van der Waals surface area contributed by atoms with Crippen molar-refractivity contribution < 1.29 is 9.90 Å². The van der Waals surface area contributed by atoms with E-state index in [1.165, 1.54) is 11.8 Å². The van der Waals surface area contributed by atoms with E-state index in [2.05, 4.69) is 11.4 Å². The van der Waals surface area contributed by atoms with Gasteiger partial charge in [0.1, 0.15) is 0 Å². The highest BCUT2D eigenvalue weighted by atomic mass is 32.2. The summed E-state index contributed by atoms with van der Waals surface area (Å²) in [6.07, 6.45) is 0.672. The van der Waals surface area contributed by atoms with E-state index in [1.54, 1.807) is 6.07 Å². The lowest BCUT2D eigenvalue weighted by molar-refractivity contribution is 0.0942. The number of carbonyl (C=O) groups is 1. The molecule has 102 valence electrons. The fourth-order valence-electron chi connectivity index (χ4n) is 1.57. The van der Waals surface area contributed by atoms with Crippen LogP contribution in [0.25, 0.3) is 0 Å². The predicted molar refractivity (Wildman–Crippen MR) is 76.0 cm³/mol. The second kappa shape index (κ2) is 8.57. The largest absolute Gasteiger partial charge is 0.396 e. The minimum absolute atomic E-state index is 0.131. The quantitative estimate of drug-likeness (QED) is 0.749. The molecule has 0 aliphatic heterocycles. The lowest BCUT2D eigenvalue weighted by Gasteiger charge is -2.12. The molecule has 4 nitrogen and oxygen atoms in total. The molecule has 0 radical (unpaired) electrons. The highest BCUT2D eigenvalue weighted by molar-refractivity contribution is 7.99. The van der Waals surface area contributed by atoms with Crippen LogP contribution in [0.1, 0.15) is 23.7 Å². The molecule has 19 heavy (non-hydrogen) atoms. The maximum Gasteiger partial charge on any atom is 0.252 e. The molecule has 0 aliphatic rings. The third-order valence-corrected chi connectivity index (χ3v) is 3.60. The molecule has 0 heterocycles. The van der Waals surface area contributed by atoms with Crippen molar-refractivity contribution in [3.63, 3.8) is 0 Å². The lowest BCUT2D eigenvalue weighted by Crippen LogP contribution is -2.29. The van der Waals surface area contributed by atoms with E-state index >= 15 is 0 Å². The molecule has 1 aromatic rings. The molecule has 0 saturated heterocycles. The highest BCUT2D eigenvalue weighted by Gasteiger charge is 2.12. The van der Waals surface area contributed by atoms with Crippen LogP contribution in [-0.2, 0) is 0 Å². The Labute approximate surface area is 117 Å². The van der Waals surface area contributed by atoms with Gasteiger partial charge >= 0.3 is 0 Å². The molecule has 0 aliphatic carbocycles. The summed E-state index contributed by atoms with van der Waals surface area (Å²) in [6.45, 7) is 2.65. The molecule has 1 rings (SSSR count). The zero-order valence-electron chi connectivity index (χ0n) is 10.9. The number of hydrogen-bond donors (Lipinski definition) is 2. The van der Waals surface area contributed by atoms with Gasteiger partial charge in [-0.25, -0.2) is 0 Å². The monoisotopic (exact) mass is 278 g/mol. The van der Waals surface area contributed by atoms with Gasteiger partial charge in [-0.15, -0.1) is 11.8 Å². The number of nitriles is 1. The number of aliphatic hydroxyl groups excluding tert-OH is 1. The van der Waals surface area contributed by atoms with Crippen molar-refractivity contribution in [3.8, 4) is 6.07 Å². The zero-order valence-corrected chi connectivity index (χ0v) is 11.7. The van der Waals surface area contributed by atoms with Gasteiger partial charge in [0.15, 0.2) is 0 Å². The number of nitrogens with zero attached hydrogens (tertiary/aromatic N) is 1. The number of amides is 1. The molecular weight excluding hydrogens is 260 g/mol. The van der Waals surface area contributed by atoms with E-state index in [1.807, 2.05) is 25.1 Å². The van der Waals surface area contributed by atoms with Crippen LogP contribution < -0.4 is 5.32 Å². The van der Waals surface area contributed by atoms with Gasteiger partial charge in [-0.2, -0.15) is 5.26 Å². The van der Waals surface area contributed by atoms with E-state index < -0.39 is 0 Å². The van der Waals surface area contributed by atoms with Gasteiger partial charge in [-0.3, -0.25) is 4.79 Å². The predicted octanol–water partition coefficient (Wildman–Crippen LogP) is 2.05. The van der Waals surface area contributed by atoms with E-state index in [9.17, 15) is 4.79 Å². The lowest BCUT2D eigenvalue weighted by atomic mass is 10.1. The first kappa shape index (κ1) is 15.5. The molecule has 0 fully saturated rings. The Balaban J connectivity index is 2.63. The van der Waals surface area contributed by atoms with Gasteiger partial charge in [0.2, 0.25) is 0 Å². The van der Waals surface area contributed by atoms with Crippen LogP contribution in [0.2, 0.25) is 0 Å². The van der Waals surface area contributed by atoms with Crippen molar-refractivity contribution in [2.24, 2.45) is 5.92 Å². The first-order chi connectivity index (χ1) is 9.19. The Morgan fingerprint density at radius 1 is 1.53 bits per heavy atom. The molecule has 0 aromatic heterocycles. The van der Waals surface area contributed by atoms with Crippen molar-refractivity contribution >= 4 is 17.7 Å². The molecule has 5 heteroatoms.